The first kappa shape index (κ1) is 83.4. The minimum atomic E-state index is -4.36. The third-order valence-corrected chi connectivity index (χ3v) is 22.4. The van der Waals surface area contributed by atoms with Crippen molar-refractivity contribution in [3.8, 4) is 0 Å². The smallest absolute Gasteiger partial charge is 0.343 e. The highest BCUT2D eigenvalue weighted by atomic mass is 35.5. The summed E-state index contributed by atoms with van der Waals surface area (Å²) in [5.74, 6) is -11.1. The van der Waals surface area contributed by atoms with E-state index in [2.05, 4.69) is 16.0 Å². The van der Waals surface area contributed by atoms with Crippen molar-refractivity contribution in [2.75, 3.05) is 89.1 Å². The van der Waals surface area contributed by atoms with Gasteiger partial charge in [0.05, 0.1) is 32.0 Å². The van der Waals surface area contributed by atoms with Crippen LogP contribution in [0, 0.1) is 41.4 Å². The minimum absolute atomic E-state index is 0.0145. The molecular weight excluding hydrogens is 1310 g/mol. The molecule has 24 nitrogen and oxygen atoms in total. The molecule has 5 rings (SSSR count). The summed E-state index contributed by atoms with van der Waals surface area (Å²) in [6.45, 7) is 11.2. The largest absolute Gasteiger partial charge is 0.391 e. The molecule has 99 heavy (non-hydrogen) atoms. The van der Waals surface area contributed by atoms with E-state index in [0.717, 1.165) is 51.7 Å². The zero-order chi connectivity index (χ0) is 74.1. The van der Waals surface area contributed by atoms with Crippen molar-refractivity contribution in [2.45, 2.75) is 250 Å². The summed E-state index contributed by atoms with van der Waals surface area (Å²) in [5.41, 5.74) is 0. The first-order chi connectivity index (χ1) is 46.4. The van der Waals surface area contributed by atoms with Crippen molar-refractivity contribution >= 4 is 82.5 Å². The predicted octanol–water partition coefficient (Wildman–Crippen LogP) is 6.05. The number of carbonyl (C=O) groups excluding carboxylic acids is 12. The van der Waals surface area contributed by atoms with Gasteiger partial charge in [0.25, 0.3) is 0 Å². The Hall–Kier alpha value is -6.28. The van der Waals surface area contributed by atoms with Crippen molar-refractivity contribution in [2.24, 2.45) is 41.4 Å². The lowest BCUT2D eigenvalue weighted by Gasteiger charge is -2.40. The van der Waals surface area contributed by atoms with E-state index in [9.17, 15) is 51.5 Å². The van der Waals surface area contributed by atoms with Gasteiger partial charge in [-0.3, -0.25) is 57.5 Å². The normalized spacial score (nSPS) is 29.8. The molecule has 2 aliphatic heterocycles. The maximum Gasteiger partial charge on any atom is 0.391 e. The Morgan fingerprint density at radius 2 is 1.05 bits per heavy atom. The van der Waals surface area contributed by atoms with Gasteiger partial charge in [-0.05, 0) is 139 Å². The molecular formula is C71H118ClF3N12O12. The Morgan fingerprint density at radius 1 is 0.525 bits per heavy atom. The molecule has 0 radical (unpaired) electrons. The number of rotatable bonds is 13. The first-order valence-corrected chi connectivity index (χ1v) is 36.8. The molecule has 0 spiro atoms. The van der Waals surface area contributed by atoms with Gasteiger partial charge < -0.3 is 60.0 Å². The first-order valence-electron chi connectivity index (χ1n) is 36.3. The van der Waals surface area contributed by atoms with Crippen LogP contribution in [-0.2, 0) is 57.5 Å². The number of likely N-dealkylation sites (tertiary alicyclic amines) is 1. The van der Waals surface area contributed by atoms with Crippen molar-refractivity contribution < 1.29 is 70.7 Å². The fraction of sp³-hybridized carbons (Fsp3) is 0.831. The maximum atomic E-state index is 15.6. The summed E-state index contributed by atoms with van der Waals surface area (Å²) in [7, 11) is 11.3. The van der Waals surface area contributed by atoms with Crippen molar-refractivity contribution in [3.05, 3.63) is 0 Å². The standard InChI is InChI=1S/C71H118ClF3N12O12/c1-16-45(6)61-70(99)81(10)41-59(90)79(8)42-60(91)83(12)55(38-49-26-31-51(72)32-27-49)67(96)80(9)40-57(88)76-52(33-28-47-24-29-50(30-25-47)71(73,74)75)65(94)84(13)54(36-43(2)3)68(97)85(14)56(37-48-22-18-17-19-23-48)69(98)86(15)62(44(4)5)64(93)77-53(66(95)87-34-20-21-35-87)39-58(89)82(11)46(7)63(92)78-61/h43-56,61-62H,16-42H2,1-15H3,(H,76,88)(H,77,93)(H,78,92)/t45-,46-,47?,49?,50?,51?,52-,53-,54-,55-,56-,61-,62-/m0/s1. The van der Waals surface area contributed by atoms with Crippen LogP contribution in [-0.4, -0.2) is 264 Å². The lowest BCUT2D eigenvalue weighted by Crippen LogP contribution is -2.61. The van der Waals surface area contributed by atoms with Gasteiger partial charge >= 0.3 is 6.18 Å². The second-order valence-electron chi connectivity index (χ2n) is 30.3. The number of likely N-dealkylation sites (N-methyl/N-ethyl adjacent to an activating group) is 8. The zero-order valence-corrected chi connectivity index (χ0v) is 62.5. The van der Waals surface area contributed by atoms with Crippen molar-refractivity contribution in [1.29, 1.82) is 0 Å². The van der Waals surface area contributed by atoms with Gasteiger partial charge in [0.2, 0.25) is 70.9 Å². The van der Waals surface area contributed by atoms with Crippen molar-refractivity contribution in [1.82, 2.24) is 60.0 Å². The third kappa shape index (κ3) is 23.4. The topological polar surface area (TPSA) is 270 Å². The summed E-state index contributed by atoms with van der Waals surface area (Å²) >= 11 is 6.51. The number of amides is 12. The number of carbonyl (C=O) groups is 12. The molecule has 0 aromatic heterocycles. The average molecular weight is 1420 g/mol. The molecule has 5 aliphatic rings. The molecule has 0 unspecified atom stereocenters. The Kier molecular flexibility index (Phi) is 32.1. The SMILES string of the molecule is CC[C@H](C)[C@@H]1NC(=O)[C@H](C)N(C)C(=O)C[C@@H](C(=O)N2CCCC2)NC(=O)[C@H](C(C)C)N(C)C(=O)[C@H](CC2CCCCC2)N(C)C(=O)[C@H](CC(C)C)N(C)C(=O)[C@H](CCC2CCC(C(F)(F)F)CC2)NC(=O)CN(C)C(=O)[C@H](CC2CCC(Cl)CC2)N(C)C(=O)CN(C)C(=O)CN(C)C1=O. The molecule has 0 aromatic rings. The van der Waals surface area contributed by atoms with Crippen LogP contribution >= 0.6 is 11.6 Å². The highest BCUT2D eigenvalue weighted by Crippen LogP contribution is 2.41. The molecule has 0 aromatic carbocycles. The number of halogens is 4. The van der Waals surface area contributed by atoms with Crippen LogP contribution in [0.5, 0.6) is 0 Å². The number of hydrogen-bond donors (Lipinski definition) is 3. The van der Waals surface area contributed by atoms with Gasteiger partial charge in [0.1, 0.15) is 48.3 Å². The molecule has 2 saturated heterocycles. The summed E-state index contributed by atoms with van der Waals surface area (Å²) < 4.78 is 41.7. The van der Waals surface area contributed by atoms with Gasteiger partial charge in [0, 0.05) is 74.8 Å². The summed E-state index contributed by atoms with van der Waals surface area (Å²) in [6, 6.07) is -10.1. The van der Waals surface area contributed by atoms with Gasteiger partial charge in [-0.1, -0.05) is 80.1 Å². The van der Waals surface area contributed by atoms with E-state index in [1.54, 1.807) is 25.7 Å². The van der Waals surface area contributed by atoms with E-state index in [1.807, 2.05) is 20.8 Å². The molecule has 2 heterocycles. The monoisotopic (exact) mass is 1420 g/mol. The molecule has 28 heteroatoms. The Balaban J connectivity index is 1.61. The maximum absolute atomic E-state index is 15.6. The van der Waals surface area contributed by atoms with Gasteiger partial charge in [-0.2, -0.15) is 13.2 Å². The van der Waals surface area contributed by atoms with Gasteiger partial charge in [0.15, 0.2) is 0 Å². The Labute approximate surface area is 590 Å². The number of hydrogen-bond acceptors (Lipinski definition) is 12. The molecule has 5 fully saturated rings. The second-order valence-corrected chi connectivity index (χ2v) is 30.9. The highest BCUT2D eigenvalue weighted by molar-refractivity contribution is 6.20. The van der Waals surface area contributed by atoms with Crippen LogP contribution < -0.4 is 16.0 Å². The highest BCUT2D eigenvalue weighted by Gasteiger charge is 2.46. The van der Waals surface area contributed by atoms with E-state index in [0.29, 0.717) is 58.0 Å². The van der Waals surface area contributed by atoms with Gasteiger partial charge in [-0.15, -0.1) is 11.6 Å². The summed E-state index contributed by atoms with van der Waals surface area (Å²) in [5, 5.41) is 8.37. The second kappa shape index (κ2) is 38.1. The lowest BCUT2D eigenvalue weighted by atomic mass is 9.79. The van der Waals surface area contributed by atoms with E-state index in [1.165, 1.54) is 82.9 Å². The number of alkyl halides is 4. The lowest BCUT2D eigenvalue weighted by molar-refractivity contribution is -0.184. The summed E-state index contributed by atoms with van der Waals surface area (Å²) in [6.07, 6.45) is 4.62. The molecule has 3 aliphatic carbocycles. The van der Waals surface area contributed by atoms with Crippen molar-refractivity contribution in [3.63, 3.8) is 0 Å². The molecule has 9 atom stereocenters. The molecule has 562 valence electrons. The van der Waals surface area contributed by atoms with E-state index in [4.69, 9.17) is 11.6 Å². The molecule has 12 amide bonds. The molecule has 3 N–H and O–H groups in total. The Bertz CT molecular complexity index is 2790. The molecule has 0 bridgehead atoms. The van der Waals surface area contributed by atoms with Crippen LogP contribution in [0.2, 0.25) is 0 Å². The number of nitrogens with zero attached hydrogens (tertiary/aromatic N) is 9. The average Bonchev–Trinajstić information content (AvgIpc) is 1.26. The third-order valence-electron chi connectivity index (χ3n) is 22.0. The predicted molar refractivity (Wildman–Crippen MR) is 369 cm³/mol. The van der Waals surface area contributed by atoms with Crippen LogP contribution in [0.3, 0.4) is 0 Å². The van der Waals surface area contributed by atoms with E-state index >= 15 is 19.2 Å². The fourth-order valence-electron chi connectivity index (χ4n) is 14.9. The fourth-order valence-corrected chi connectivity index (χ4v) is 15.2. The van der Waals surface area contributed by atoms with Crippen LogP contribution in [0.4, 0.5) is 13.2 Å². The minimum Gasteiger partial charge on any atom is -0.343 e. The van der Waals surface area contributed by atoms with E-state index < -0.39 is 169 Å². The number of nitrogens with one attached hydrogen (secondary N) is 3. The van der Waals surface area contributed by atoms with E-state index in [-0.39, 0.29) is 86.8 Å². The Morgan fingerprint density at radius 3 is 1.61 bits per heavy atom. The molecule has 3 saturated carbocycles. The summed E-state index contributed by atoms with van der Waals surface area (Å²) in [4.78, 5) is 188. The van der Waals surface area contributed by atoms with Gasteiger partial charge in [-0.25, -0.2) is 0 Å². The van der Waals surface area contributed by atoms with Crippen LogP contribution in [0.1, 0.15) is 190 Å². The zero-order valence-electron chi connectivity index (χ0n) is 61.8. The van der Waals surface area contributed by atoms with Crippen LogP contribution in [0.15, 0.2) is 0 Å². The quantitative estimate of drug-likeness (QED) is 0.178. The van der Waals surface area contributed by atoms with Crippen LogP contribution in [0.25, 0.3) is 0 Å².